The SMILES string of the molecule is CCn1cc(CN2C(=O)CC(SC(C)C)C2=O)nn1. The molecule has 19 heavy (non-hydrogen) atoms. The van der Waals surface area contributed by atoms with E-state index in [-0.39, 0.29) is 23.6 Å². The lowest BCUT2D eigenvalue weighted by molar-refractivity contribution is -0.139. The molecule has 104 valence electrons. The highest BCUT2D eigenvalue weighted by molar-refractivity contribution is 8.01. The van der Waals surface area contributed by atoms with Crippen molar-refractivity contribution in [3.8, 4) is 0 Å². The number of aryl methyl sites for hydroxylation is 1. The fraction of sp³-hybridized carbons (Fsp3) is 0.667. The molecule has 0 saturated carbocycles. The predicted octanol–water partition coefficient (Wildman–Crippen LogP) is 1.07. The summed E-state index contributed by atoms with van der Waals surface area (Å²) in [6.45, 7) is 6.96. The molecule has 1 saturated heterocycles. The highest BCUT2D eigenvalue weighted by atomic mass is 32.2. The van der Waals surface area contributed by atoms with Crippen LogP contribution in [-0.2, 0) is 22.7 Å². The van der Waals surface area contributed by atoms with Gasteiger partial charge in [-0.15, -0.1) is 16.9 Å². The first-order valence-electron chi connectivity index (χ1n) is 6.40. The Hall–Kier alpha value is -1.37. The molecule has 0 bridgehead atoms. The average molecular weight is 282 g/mol. The van der Waals surface area contributed by atoms with Crippen LogP contribution >= 0.6 is 11.8 Å². The minimum absolute atomic E-state index is 0.102. The standard InChI is InChI=1S/C12H18N4O2S/c1-4-15-6-9(13-14-15)7-16-11(17)5-10(12(16)18)19-8(2)3/h6,8,10H,4-5,7H2,1-3H3. The van der Waals surface area contributed by atoms with E-state index in [0.717, 1.165) is 6.54 Å². The van der Waals surface area contributed by atoms with E-state index < -0.39 is 0 Å². The smallest absolute Gasteiger partial charge is 0.243 e. The van der Waals surface area contributed by atoms with Crippen LogP contribution in [0.5, 0.6) is 0 Å². The summed E-state index contributed by atoms with van der Waals surface area (Å²) >= 11 is 1.54. The first-order valence-corrected chi connectivity index (χ1v) is 7.34. The Labute approximate surface area is 116 Å². The highest BCUT2D eigenvalue weighted by Crippen LogP contribution is 2.28. The molecule has 1 fully saturated rings. The van der Waals surface area contributed by atoms with Gasteiger partial charge < -0.3 is 0 Å². The van der Waals surface area contributed by atoms with Gasteiger partial charge in [0.1, 0.15) is 5.69 Å². The van der Waals surface area contributed by atoms with Crippen molar-refractivity contribution in [2.45, 2.75) is 50.8 Å². The average Bonchev–Trinajstić information content (AvgIpc) is 2.90. The van der Waals surface area contributed by atoms with E-state index in [1.54, 1.807) is 22.6 Å². The maximum atomic E-state index is 12.2. The second-order valence-corrected chi connectivity index (χ2v) is 6.55. The first-order chi connectivity index (χ1) is 9.01. The van der Waals surface area contributed by atoms with Gasteiger partial charge in [0.05, 0.1) is 18.0 Å². The lowest BCUT2D eigenvalue weighted by Gasteiger charge is -2.13. The Morgan fingerprint density at radius 2 is 2.21 bits per heavy atom. The Bertz CT molecular complexity index is 486. The summed E-state index contributed by atoms with van der Waals surface area (Å²) in [7, 11) is 0. The van der Waals surface area contributed by atoms with E-state index in [9.17, 15) is 9.59 Å². The molecule has 0 spiro atoms. The van der Waals surface area contributed by atoms with Crippen LogP contribution in [0.15, 0.2) is 6.20 Å². The largest absolute Gasteiger partial charge is 0.275 e. The number of likely N-dealkylation sites (tertiary alicyclic amines) is 1. The van der Waals surface area contributed by atoms with E-state index in [2.05, 4.69) is 10.3 Å². The molecule has 1 unspecified atom stereocenters. The second kappa shape index (κ2) is 5.73. The fourth-order valence-corrected chi connectivity index (χ4v) is 3.12. The van der Waals surface area contributed by atoms with Crippen molar-refractivity contribution < 1.29 is 9.59 Å². The fourth-order valence-electron chi connectivity index (χ4n) is 1.98. The van der Waals surface area contributed by atoms with Crippen molar-refractivity contribution in [1.29, 1.82) is 0 Å². The number of rotatable bonds is 5. The highest BCUT2D eigenvalue weighted by Gasteiger charge is 2.39. The number of hydrogen-bond donors (Lipinski definition) is 0. The number of thioether (sulfide) groups is 1. The first kappa shape index (κ1) is 14.0. The zero-order chi connectivity index (χ0) is 14.0. The summed E-state index contributed by atoms with van der Waals surface area (Å²) in [6, 6.07) is 0. The minimum atomic E-state index is -0.242. The van der Waals surface area contributed by atoms with Crippen LogP contribution < -0.4 is 0 Å². The van der Waals surface area contributed by atoms with Crippen molar-refractivity contribution in [1.82, 2.24) is 19.9 Å². The van der Waals surface area contributed by atoms with Crippen molar-refractivity contribution in [2.75, 3.05) is 0 Å². The van der Waals surface area contributed by atoms with Crippen molar-refractivity contribution in [2.24, 2.45) is 0 Å². The summed E-state index contributed by atoms with van der Waals surface area (Å²) in [4.78, 5) is 25.4. The summed E-state index contributed by atoms with van der Waals surface area (Å²) in [5, 5.41) is 7.97. The van der Waals surface area contributed by atoms with Gasteiger partial charge >= 0.3 is 0 Å². The van der Waals surface area contributed by atoms with Crippen molar-refractivity contribution in [3.63, 3.8) is 0 Å². The minimum Gasteiger partial charge on any atom is -0.275 e. The third kappa shape index (κ3) is 3.15. The number of aromatic nitrogens is 3. The Morgan fingerprint density at radius 3 is 2.79 bits per heavy atom. The predicted molar refractivity (Wildman–Crippen MR) is 72.4 cm³/mol. The molecular weight excluding hydrogens is 264 g/mol. The van der Waals surface area contributed by atoms with Crippen LogP contribution in [0.2, 0.25) is 0 Å². The van der Waals surface area contributed by atoms with Crippen molar-refractivity contribution >= 4 is 23.6 Å². The number of hydrogen-bond acceptors (Lipinski definition) is 5. The van der Waals surface area contributed by atoms with Crippen LogP contribution in [0.4, 0.5) is 0 Å². The van der Waals surface area contributed by atoms with Crippen LogP contribution in [0.1, 0.15) is 32.9 Å². The van der Waals surface area contributed by atoms with Crippen LogP contribution in [-0.4, -0.2) is 42.2 Å². The molecule has 7 heteroatoms. The maximum absolute atomic E-state index is 12.2. The third-order valence-electron chi connectivity index (χ3n) is 2.87. The van der Waals surface area contributed by atoms with Crippen molar-refractivity contribution in [3.05, 3.63) is 11.9 Å². The van der Waals surface area contributed by atoms with Gasteiger partial charge in [-0.25, -0.2) is 0 Å². The van der Waals surface area contributed by atoms with E-state index in [4.69, 9.17) is 0 Å². The van der Waals surface area contributed by atoms with E-state index in [1.165, 1.54) is 4.90 Å². The molecule has 1 aliphatic rings. The molecule has 2 amide bonds. The van der Waals surface area contributed by atoms with E-state index >= 15 is 0 Å². The molecule has 2 rings (SSSR count). The molecule has 0 aromatic carbocycles. The second-order valence-electron chi connectivity index (χ2n) is 4.76. The van der Waals surface area contributed by atoms with Crippen LogP contribution in [0, 0.1) is 0 Å². The number of imide groups is 1. The molecule has 1 aliphatic heterocycles. The molecule has 0 radical (unpaired) electrons. The Balaban J connectivity index is 2.04. The lowest BCUT2D eigenvalue weighted by Crippen LogP contribution is -2.31. The van der Waals surface area contributed by atoms with E-state index in [1.807, 2.05) is 20.8 Å². The lowest BCUT2D eigenvalue weighted by atomic mass is 10.3. The van der Waals surface area contributed by atoms with Gasteiger partial charge in [0.15, 0.2) is 0 Å². The number of carbonyl (C=O) groups excluding carboxylic acids is 2. The van der Waals surface area contributed by atoms with Gasteiger partial charge in [0.2, 0.25) is 11.8 Å². The molecule has 1 aromatic rings. The molecule has 1 atom stereocenters. The summed E-state index contributed by atoms with van der Waals surface area (Å²) in [6.07, 6.45) is 2.06. The molecular formula is C12H18N4O2S. The van der Waals surface area contributed by atoms with Gasteiger partial charge in [-0.3, -0.25) is 19.2 Å². The monoisotopic (exact) mass is 282 g/mol. The molecule has 0 aliphatic carbocycles. The van der Waals surface area contributed by atoms with Gasteiger partial charge in [-0.2, -0.15) is 0 Å². The number of nitrogens with zero attached hydrogens (tertiary/aromatic N) is 4. The Morgan fingerprint density at radius 1 is 1.47 bits per heavy atom. The maximum Gasteiger partial charge on any atom is 0.243 e. The zero-order valence-corrected chi connectivity index (χ0v) is 12.2. The van der Waals surface area contributed by atoms with Gasteiger partial charge in [0.25, 0.3) is 0 Å². The summed E-state index contributed by atoms with van der Waals surface area (Å²) in [5.74, 6) is -0.219. The number of carbonyl (C=O) groups is 2. The normalized spacial score (nSPS) is 19.8. The molecule has 0 N–H and O–H groups in total. The van der Waals surface area contributed by atoms with Gasteiger partial charge in [0, 0.05) is 13.0 Å². The van der Waals surface area contributed by atoms with E-state index in [0.29, 0.717) is 17.4 Å². The molecule has 1 aromatic heterocycles. The molecule has 6 nitrogen and oxygen atoms in total. The number of amides is 2. The van der Waals surface area contributed by atoms with Crippen LogP contribution in [0.25, 0.3) is 0 Å². The van der Waals surface area contributed by atoms with Crippen LogP contribution in [0.3, 0.4) is 0 Å². The summed E-state index contributed by atoms with van der Waals surface area (Å²) in [5.41, 5.74) is 0.652. The van der Waals surface area contributed by atoms with Gasteiger partial charge in [-0.1, -0.05) is 19.1 Å². The zero-order valence-electron chi connectivity index (χ0n) is 11.4. The molecule has 2 heterocycles. The topological polar surface area (TPSA) is 68.1 Å². The Kier molecular flexibility index (Phi) is 4.24. The summed E-state index contributed by atoms with van der Waals surface area (Å²) < 4.78 is 1.68. The third-order valence-corrected chi connectivity index (χ3v) is 4.11. The quantitative estimate of drug-likeness (QED) is 0.756. The van der Waals surface area contributed by atoms with Gasteiger partial charge in [-0.05, 0) is 12.2 Å².